The van der Waals surface area contributed by atoms with Crippen LogP contribution in [-0.4, -0.2) is 37.9 Å². The zero-order valence-corrected chi connectivity index (χ0v) is 14.9. The van der Waals surface area contributed by atoms with Crippen LogP contribution in [0.3, 0.4) is 0 Å². The van der Waals surface area contributed by atoms with Crippen molar-refractivity contribution < 1.29 is 16.8 Å². The number of primary sulfonamides is 1. The molecule has 1 aromatic carbocycles. The number of rotatable bonds is 3. The molecule has 24 heavy (non-hydrogen) atoms. The highest BCUT2D eigenvalue weighted by Gasteiger charge is 2.32. The van der Waals surface area contributed by atoms with E-state index >= 15 is 0 Å². The van der Waals surface area contributed by atoms with E-state index in [2.05, 4.69) is 10.2 Å². The first-order valence-corrected chi connectivity index (χ1v) is 10.3. The zero-order chi connectivity index (χ0) is 17.7. The van der Waals surface area contributed by atoms with Gasteiger partial charge in [-0.25, -0.2) is 22.0 Å². The smallest absolute Gasteiger partial charge is 0.247 e. The minimum absolute atomic E-state index is 0.0174. The molecule has 3 N–H and O–H groups in total. The maximum atomic E-state index is 12.9. The fraction of sp³-hybridized carbons (Fsp3) is 0.357. The molecule has 0 radical (unpaired) electrons. The lowest BCUT2D eigenvalue weighted by Crippen LogP contribution is -2.36. The average molecular weight is 370 g/mol. The van der Waals surface area contributed by atoms with Crippen molar-refractivity contribution in [2.45, 2.75) is 36.6 Å². The summed E-state index contributed by atoms with van der Waals surface area (Å²) in [5.41, 5.74) is 2.47. The Morgan fingerprint density at radius 1 is 1.17 bits per heavy atom. The minimum Gasteiger partial charge on any atom is -0.281 e. The number of aromatic amines is 1. The average Bonchev–Trinajstić information content (AvgIpc) is 2.84. The summed E-state index contributed by atoms with van der Waals surface area (Å²) in [5.74, 6) is 0. The summed E-state index contributed by atoms with van der Waals surface area (Å²) in [4.78, 5) is 0.157. The van der Waals surface area contributed by atoms with Crippen molar-refractivity contribution in [1.82, 2.24) is 14.5 Å². The van der Waals surface area contributed by atoms with Gasteiger partial charge >= 0.3 is 0 Å². The fourth-order valence-electron chi connectivity index (χ4n) is 2.94. The number of hydrogen-bond donors (Lipinski definition) is 2. The van der Waals surface area contributed by atoms with E-state index in [9.17, 15) is 16.8 Å². The van der Waals surface area contributed by atoms with Gasteiger partial charge in [0.15, 0.2) is 0 Å². The summed E-state index contributed by atoms with van der Waals surface area (Å²) in [7, 11) is -7.54. The van der Waals surface area contributed by atoms with Crippen LogP contribution in [0.4, 0.5) is 0 Å². The molecule has 0 unspecified atom stereocenters. The Kier molecular flexibility index (Phi) is 4.03. The Labute approximate surface area is 140 Å². The normalized spacial score (nSPS) is 16.1. The Hall–Kier alpha value is -1.75. The second-order valence-corrected chi connectivity index (χ2v) is 9.26. The van der Waals surface area contributed by atoms with E-state index < -0.39 is 20.0 Å². The summed E-state index contributed by atoms with van der Waals surface area (Å²) in [6, 6.07) is 4.58. The maximum absolute atomic E-state index is 12.9. The first-order chi connectivity index (χ1) is 11.1. The number of nitrogens with zero attached hydrogens (tertiary/aromatic N) is 2. The molecule has 2 aromatic rings. The monoisotopic (exact) mass is 370 g/mol. The maximum Gasteiger partial charge on any atom is 0.247 e. The van der Waals surface area contributed by atoms with Crippen LogP contribution in [0.2, 0.25) is 0 Å². The lowest BCUT2D eigenvalue weighted by Gasteiger charge is -2.28. The van der Waals surface area contributed by atoms with E-state index in [1.807, 2.05) is 0 Å². The Morgan fingerprint density at radius 2 is 1.88 bits per heavy atom. The van der Waals surface area contributed by atoms with Crippen molar-refractivity contribution in [3.8, 4) is 0 Å². The molecule has 0 saturated carbocycles. The van der Waals surface area contributed by atoms with E-state index in [-0.39, 0.29) is 16.3 Å². The van der Waals surface area contributed by atoms with Crippen LogP contribution in [0.25, 0.3) is 0 Å². The molecule has 0 spiro atoms. The first-order valence-electron chi connectivity index (χ1n) is 7.27. The van der Waals surface area contributed by atoms with E-state index in [1.165, 1.54) is 16.4 Å². The highest BCUT2D eigenvalue weighted by Crippen LogP contribution is 2.28. The van der Waals surface area contributed by atoms with Gasteiger partial charge in [-0.1, -0.05) is 6.07 Å². The minimum atomic E-state index is -3.83. The van der Waals surface area contributed by atoms with Crippen LogP contribution in [0.15, 0.2) is 28.0 Å². The van der Waals surface area contributed by atoms with Gasteiger partial charge in [-0.2, -0.15) is 9.40 Å². The molecular weight excluding hydrogens is 352 g/mol. The van der Waals surface area contributed by atoms with Crippen molar-refractivity contribution in [2.75, 3.05) is 6.54 Å². The van der Waals surface area contributed by atoms with Gasteiger partial charge in [-0.3, -0.25) is 5.10 Å². The first kappa shape index (κ1) is 17.1. The van der Waals surface area contributed by atoms with E-state index in [0.29, 0.717) is 29.9 Å². The molecule has 0 aliphatic carbocycles. The summed E-state index contributed by atoms with van der Waals surface area (Å²) >= 11 is 0. The molecule has 130 valence electrons. The summed E-state index contributed by atoms with van der Waals surface area (Å²) in [6.45, 7) is 3.72. The Morgan fingerprint density at radius 3 is 2.46 bits per heavy atom. The molecule has 0 amide bonds. The molecular formula is C14H18N4O4S2. The summed E-state index contributed by atoms with van der Waals surface area (Å²) < 4.78 is 50.2. The fourth-order valence-corrected chi connectivity index (χ4v) is 5.25. The summed E-state index contributed by atoms with van der Waals surface area (Å²) in [5, 5.41) is 11.8. The largest absolute Gasteiger partial charge is 0.281 e. The zero-order valence-electron chi connectivity index (χ0n) is 13.3. The third kappa shape index (κ3) is 2.86. The highest BCUT2D eigenvalue weighted by atomic mass is 32.2. The molecule has 1 aliphatic rings. The number of nitrogens with one attached hydrogen (secondary N) is 1. The van der Waals surface area contributed by atoms with Crippen molar-refractivity contribution in [3.05, 3.63) is 40.7 Å². The van der Waals surface area contributed by atoms with Crippen molar-refractivity contribution in [1.29, 1.82) is 0 Å². The van der Waals surface area contributed by atoms with Gasteiger partial charge in [0.25, 0.3) is 0 Å². The van der Waals surface area contributed by atoms with Crippen LogP contribution in [0.5, 0.6) is 0 Å². The lowest BCUT2D eigenvalue weighted by molar-refractivity contribution is 0.390. The number of sulfonamides is 2. The van der Waals surface area contributed by atoms with Crippen molar-refractivity contribution >= 4 is 20.0 Å². The number of benzene rings is 1. The number of hydrogen-bond acceptors (Lipinski definition) is 5. The molecule has 0 saturated heterocycles. The number of fused-ring (bicyclic) bond motifs is 1. The third-order valence-electron chi connectivity index (χ3n) is 4.14. The summed E-state index contributed by atoms with van der Waals surface area (Å²) in [6.07, 6.45) is 0.509. The molecule has 10 heteroatoms. The van der Waals surface area contributed by atoms with Gasteiger partial charge < -0.3 is 0 Å². The van der Waals surface area contributed by atoms with Gasteiger partial charge in [0, 0.05) is 13.1 Å². The predicted molar refractivity (Wildman–Crippen MR) is 87.2 cm³/mol. The molecule has 1 aromatic heterocycles. The predicted octanol–water partition coefficient (Wildman–Crippen LogP) is 0.421. The van der Waals surface area contributed by atoms with Gasteiger partial charge in [-0.05, 0) is 43.5 Å². The number of nitrogens with two attached hydrogens (primary N) is 1. The van der Waals surface area contributed by atoms with Crippen molar-refractivity contribution in [2.24, 2.45) is 5.14 Å². The second-order valence-electron chi connectivity index (χ2n) is 5.83. The van der Waals surface area contributed by atoms with Crippen LogP contribution >= 0.6 is 0 Å². The van der Waals surface area contributed by atoms with Gasteiger partial charge in [0.2, 0.25) is 20.0 Å². The van der Waals surface area contributed by atoms with Crippen LogP contribution < -0.4 is 5.14 Å². The number of aryl methyl sites for hydroxylation is 2. The van der Waals surface area contributed by atoms with E-state index in [1.54, 1.807) is 19.9 Å². The van der Waals surface area contributed by atoms with Crippen LogP contribution in [-0.2, 0) is 33.0 Å². The topological polar surface area (TPSA) is 126 Å². The number of aromatic nitrogens is 2. The quantitative estimate of drug-likeness (QED) is 0.810. The number of H-pyrrole nitrogens is 1. The molecule has 1 aliphatic heterocycles. The van der Waals surface area contributed by atoms with E-state index in [4.69, 9.17) is 5.14 Å². The van der Waals surface area contributed by atoms with Crippen LogP contribution in [0.1, 0.15) is 22.5 Å². The van der Waals surface area contributed by atoms with Crippen LogP contribution in [0, 0.1) is 13.8 Å². The lowest BCUT2D eigenvalue weighted by atomic mass is 10.0. The standard InChI is InChI=1S/C14H18N4O4S2/c1-9-14(10(2)17-16-9)24(21,22)18-6-5-11-3-4-13(23(15,19)20)7-12(11)8-18/h3-4,7H,5-6,8H2,1-2H3,(H,16,17)(H2,15,19,20). The van der Waals surface area contributed by atoms with Gasteiger partial charge in [-0.15, -0.1) is 0 Å². The van der Waals surface area contributed by atoms with E-state index in [0.717, 1.165) is 5.56 Å². The highest BCUT2D eigenvalue weighted by molar-refractivity contribution is 7.89. The molecule has 8 nitrogen and oxygen atoms in total. The second kappa shape index (κ2) is 5.66. The SMILES string of the molecule is Cc1n[nH]c(C)c1S(=O)(=O)N1CCc2ccc(S(N)(=O)=O)cc2C1. The Balaban J connectivity index is 2.00. The molecule has 0 fully saturated rings. The van der Waals surface area contributed by atoms with Gasteiger partial charge in [0.1, 0.15) is 4.90 Å². The molecule has 3 rings (SSSR count). The van der Waals surface area contributed by atoms with Gasteiger partial charge in [0.05, 0.1) is 16.3 Å². The van der Waals surface area contributed by atoms with Crippen molar-refractivity contribution in [3.63, 3.8) is 0 Å². The third-order valence-corrected chi connectivity index (χ3v) is 7.16. The molecule has 2 heterocycles. The molecule has 0 atom stereocenters. The molecule has 0 bridgehead atoms. The Bertz CT molecular complexity index is 990.